The third-order valence-electron chi connectivity index (χ3n) is 5.16. The van der Waals surface area contributed by atoms with Crippen LogP contribution in [0.15, 0.2) is 27.9 Å². The summed E-state index contributed by atoms with van der Waals surface area (Å²) < 4.78 is 1.70. The molecule has 1 N–H and O–H groups in total. The molecule has 0 saturated carbocycles. The molecule has 0 aromatic carbocycles. The molecule has 26 heavy (non-hydrogen) atoms. The summed E-state index contributed by atoms with van der Waals surface area (Å²) in [6.07, 6.45) is 6.36. The summed E-state index contributed by atoms with van der Waals surface area (Å²) in [6.45, 7) is 7.38. The lowest BCUT2D eigenvalue weighted by Gasteiger charge is -2.37. The van der Waals surface area contributed by atoms with Gasteiger partial charge in [-0.15, -0.1) is 0 Å². The van der Waals surface area contributed by atoms with Gasteiger partial charge in [0.15, 0.2) is 0 Å². The number of aromatic nitrogens is 2. The van der Waals surface area contributed by atoms with Gasteiger partial charge >= 0.3 is 0 Å². The fraction of sp³-hybridized carbons (Fsp3) is 0.550. The van der Waals surface area contributed by atoms with E-state index in [4.69, 9.17) is 5.26 Å². The molecule has 0 bridgehead atoms. The Kier molecular flexibility index (Phi) is 5.58. The maximum absolute atomic E-state index is 12.8. The lowest BCUT2D eigenvalue weighted by atomic mass is 9.98. The average Bonchev–Trinajstić information content (AvgIpc) is 2.61. The highest BCUT2D eigenvalue weighted by atomic mass is 16.1. The molecule has 0 amide bonds. The lowest BCUT2D eigenvalue weighted by molar-refractivity contribution is 0.121. The van der Waals surface area contributed by atoms with E-state index in [1.165, 1.54) is 25.3 Å². The minimum absolute atomic E-state index is 0.0252. The zero-order valence-corrected chi connectivity index (χ0v) is 15.5. The number of rotatable bonds is 5. The Morgan fingerprint density at radius 1 is 1.35 bits per heavy atom. The van der Waals surface area contributed by atoms with Crippen LogP contribution in [0.3, 0.4) is 0 Å². The molecule has 6 heteroatoms. The van der Waals surface area contributed by atoms with Gasteiger partial charge < -0.3 is 14.5 Å². The summed E-state index contributed by atoms with van der Waals surface area (Å²) in [5.41, 5.74) is -0.151. The molecular weight excluding hydrogens is 328 g/mol. The third kappa shape index (κ3) is 3.88. The number of aromatic amines is 1. The first-order valence-corrected chi connectivity index (χ1v) is 9.40. The number of nitrogens with zero attached hydrogens (tertiary/aromatic N) is 3. The van der Waals surface area contributed by atoms with E-state index in [0.717, 1.165) is 19.5 Å². The van der Waals surface area contributed by atoms with E-state index < -0.39 is 5.56 Å². The highest BCUT2D eigenvalue weighted by Crippen LogP contribution is 2.21. The first kappa shape index (κ1) is 18.4. The predicted molar refractivity (Wildman–Crippen MR) is 102 cm³/mol. The summed E-state index contributed by atoms with van der Waals surface area (Å²) in [4.78, 5) is 29.7. The number of likely N-dealkylation sites (tertiary alicyclic amines) is 1. The summed E-state index contributed by atoms with van der Waals surface area (Å²) in [6, 6.07) is 5.50. The van der Waals surface area contributed by atoms with Gasteiger partial charge in [0.05, 0.1) is 10.9 Å². The maximum Gasteiger partial charge on any atom is 0.266 e. The molecule has 0 radical (unpaired) electrons. The number of nitriles is 1. The summed E-state index contributed by atoms with van der Waals surface area (Å²) >= 11 is 0. The largest absolute Gasteiger partial charge is 0.321 e. The Hall–Kier alpha value is -2.39. The van der Waals surface area contributed by atoms with Gasteiger partial charge in [0.25, 0.3) is 11.1 Å². The van der Waals surface area contributed by atoms with Crippen molar-refractivity contribution in [1.29, 1.82) is 5.26 Å². The second-order valence-electron chi connectivity index (χ2n) is 7.59. The number of hydrogen-bond acceptors (Lipinski definition) is 4. The van der Waals surface area contributed by atoms with Crippen LogP contribution in [0.25, 0.3) is 10.9 Å². The second kappa shape index (κ2) is 7.88. The molecule has 0 spiro atoms. The van der Waals surface area contributed by atoms with Crippen molar-refractivity contribution in [3.8, 4) is 6.07 Å². The molecule has 2 aromatic heterocycles. The highest BCUT2D eigenvalue weighted by molar-refractivity contribution is 5.78. The fourth-order valence-corrected chi connectivity index (χ4v) is 3.88. The van der Waals surface area contributed by atoms with Crippen molar-refractivity contribution < 1.29 is 0 Å². The third-order valence-corrected chi connectivity index (χ3v) is 5.16. The molecular formula is C20H26N4O2. The van der Waals surface area contributed by atoms with Crippen LogP contribution in [0, 0.1) is 17.2 Å². The van der Waals surface area contributed by atoms with Gasteiger partial charge in [0.2, 0.25) is 0 Å². The fourth-order valence-electron chi connectivity index (χ4n) is 3.88. The SMILES string of the molecule is CC(C)CN1CCCCC1CCn1ccc2[nH]c(=O)c(C#N)cc2c1=O. The van der Waals surface area contributed by atoms with Crippen molar-refractivity contribution in [2.75, 3.05) is 13.1 Å². The van der Waals surface area contributed by atoms with Crippen molar-refractivity contribution in [2.24, 2.45) is 5.92 Å². The van der Waals surface area contributed by atoms with Gasteiger partial charge in [-0.2, -0.15) is 5.26 Å². The van der Waals surface area contributed by atoms with Crippen LogP contribution < -0.4 is 11.1 Å². The van der Waals surface area contributed by atoms with E-state index >= 15 is 0 Å². The Morgan fingerprint density at radius 2 is 2.15 bits per heavy atom. The number of aryl methyl sites for hydroxylation is 1. The van der Waals surface area contributed by atoms with Gasteiger partial charge in [0, 0.05) is 25.3 Å². The van der Waals surface area contributed by atoms with E-state index in [2.05, 4.69) is 23.7 Å². The van der Waals surface area contributed by atoms with Crippen LogP contribution in [0.5, 0.6) is 0 Å². The number of nitrogens with one attached hydrogen (secondary N) is 1. The Bertz CT molecular complexity index is 935. The van der Waals surface area contributed by atoms with Gasteiger partial charge in [-0.25, -0.2) is 0 Å². The Balaban J connectivity index is 1.81. The van der Waals surface area contributed by atoms with Crippen molar-refractivity contribution in [2.45, 2.75) is 52.1 Å². The number of pyridine rings is 2. The van der Waals surface area contributed by atoms with Crippen molar-refractivity contribution >= 4 is 10.9 Å². The molecule has 1 aliphatic heterocycles. The minimum atomic E-state index is -0.455. The standard InChI is InChI=1S/C20H26N4O2/c1-14(2)13-24-8-4-3-5-16(24)6-9-23-10-7-18-17(20(23)26)11-15(12-21)19(25)22-18/h7,10-11,14,16H,3-6,8-9,13H2,1-2H3,(H,22,25). The van der Waals surface area contributed by atoms with E-state index in [0.29, 0.717) is 29.4 Å². The predicted octanol–water partition coefficient (Wildman–Crippen LogP) is 2.46. The van der Waals surface area contributed by atoms with Gasteiger partial charge in [-0.1, -0.05) is 20.3 Å². The number of H-pyrrole nitrogens is 1. The van der Waals surface area contributed by atoms with Gasteiger partial charge in [-0.3, -0.25) is 9.59 Å². The molecule has 1 saturated heterocycles. The molecule has 2 aromatic rings. The Labute approximate surface area is 153 Å². The first-order valence-electron chi connectivity index (χ1n) is 9.40. The van der Waals surface area contributed by atoms with Crippen molar-refractivity contribution in [3.63, 3.8) is 0 Å². The average molecular weight is 354 g/mol. The molecule has 3 rings (SSSR count). The number of hydrogen-bond donors (Lipinski definition) is 1. The number of fused-ring (bicyclic) bond motifs is 1. The van der Waals surface area contributed by atoms with E-state index in [9.17, 15) is 9.59 Å². The van der Waals surface area contributed by atoms with Crippen LogP contribution in [0.4, 0.5) is 0 Å². The second-order valence-corrected chi connectivity index (χ2v) is 7.59. The zero-order chi connectivity index (χ0) is 18.7. The van der Waals surface area contributed by atoms with Crippen LogP contribution in [-0.4, -0.2) is 33.6 Å². The van der Waals surface area contributed by atoms with Gasteiger partial charge in [0.1, 0.15) is 11.6 Å². The highest BCUT2D eigenvalue weighted by Gasteiger charge is 2.22. The molecule has 6 nitrogen and oxygen atoms in total. The minimum Gasteiger partial charge on any atom is -0.321 e. The molecule has 1 aliphatic rings. The van der Waals surface area contributed by atoms with Crippen LogP contribution >= 0.6 is 0 Å². The molecule has 138 valence electrons. The first-order chi connectivity index (χ1) is 12.5. The van der Waals surface area contributed by atoms with Crippen LogP contribution in [-0.2, 0) is 6.54 Å². The zero-order valence-electron chi connectivity index (χ0n) is 15.5. The van der Waals surface area contributed by atoms with Crippen LogP contribution in [0.1, 0.15) is 45.1 Å². The monoisotopic (exact) mass is 354 g/mol. The Morgan fingerprint density at radius 3 is 2.88 bits per heavy atom. The normalized spacial score (nSPS) is 18.3. The van der Waals surface area contributed by atoms with Gasteiger partial charge in [-0.05, 0) is 43.9 Å². The smallest absolute Gasteiger partial charge is 0.266 e. The van der Waals surface area contributed by atoms with Crippen LogP contribution in [0.2, 0.25) is 0 Å². The summed E-state index contributed by atoms with van der Waals surface area (Å²) in [5.74, 6) is 0.639. The molecule has 1 atom stereocenters. The lowest BCUT2D eigenvalue weighted by Crippen LogP contribution is -2.42. The summed E-state index contributed by atoms with van der Waals surface area (Å²) in [5, 5.41) is 9.42. The topological polar surface area (TPSA) is 81.9 Å². The maximum atomic E-state index is 12.8. The van der Waals surface area contributed by atoms with E-state index in [-0.39, 0.29) is 11.1 Å². The van der Waals surface area contributed by atoms with Crippen molar-refractivity contribution in [1.82, 2.24) is 14.5 Å². The van der Waals surface area contributed by atoms with E-state index in [1.807, 2.05) is 6.07 Å². The molecule has 1 unspecified atom stereocenters. The van der Waals surface area contributed by atoms with Crippen molar-refractivity contribution in [3.05, 3.63) is 44.6 Å². The van der Waals surface area contributed by atoms with E-state index in [1.54, 1.807) is 16.8 Å². The summed E-state index contributed by atoms with van der Waals surface area (Å²) in [7, 11) is 0. The molecule has 0 aliphatic carbocycles. The quantitative estimate of drug-likeness (QED) is 0.894. The number of piperidine rings is 1. The molecule has 3 heterocycles. The molecule has 1 fully saturated rings.